The molecular formula is C13H16BrNO3. The highest BCUT2D eigenvalue weighted by Crippen LogP contribution is 2.24. The molecule has 0 saturated carbocycles. The van der Waals surface area contributed by atoms with Crippen LogP contribution in [0.5, 0.6) is 0 Å². The maximum absolute atomic E-state index is 10.9. The van der Waals surface area contributed by atoms with Crippen LogP contribution < -0.4 is 5.32 Å². The van der Waals surface area contributed by atoms with Crippen molar-refractivity contribution < 1.29 is 14.6 Å². The van der Waals surface area contributed by atoms with Gasteiger partial charge in [-0.2, -0.15) is 0 Å². The molecule has 1 fully saturated rings. The molecule has 1 saturated heterocycles. The monoisotopic (exact) mass is 313 g/mol. The van der Waals surface area contributed by atoms with Crippen molar-refractivity contribution in [1.29, 1.82) is 0 Å². The number of halogens is 1. The van der Waals surface area contributed by atoms with E-state index < -0.39 is 5.97 Å². The molecule has 2 N–H and O–H groups in total. The van der Waals surface area contributed by atoms with E-state index in [4.69, 9.17) is 9.84 Å². The summed E-state index contributed by atoms with van der Waals surface area (Å²) >= 11 is 3.28. The summed E-state index contributed by atoms with van der Waals surface area (Å²) in [5.74, 6) is -0.409. The number of hydrogen-bond acceptors (Lipinski definition) is 3. The van der Waals surface area contributed by atoms with Crippen molar-refractivity contribution in [2.75, 3.05) is 18.5 Å². The molecule has 0 bridgehead atoms. The Morgan fingerprint density at radius 3 is 2.94 bits per heavy atom. The lowest BCUT2D eigenvalue weighted by Crippen LogP contribution is -2.26. The molecule has 0 aliphatic carbocycles. The van der Waals surface area contributed by atoms with E-state index in [-0.39, 0.29) is 5.56 Å². The zero-order valence-electron chi connectivity index (χ0n) is 10.1. The van der Waals surface area contributed by atoms with Crippen LogP contribution in [0.3, 0.4) is 0 Å². The van der Waals surface area contributed by atoms with Crippen molar-refractivity contribution in [3.05, 3.63) is 28.2 Å². The minimum absolute atomic E-state index is 0.275. The van der Waals surface area contributed by atoms with Crippen LogP contribution in [0.15, 0.2) is 22.7 Å². The van der Waals surface area contributed by atoms with Crippen LogP contribution in [0.1, 0.15) is 23.7 Å². The third-order valence-electron chi connectivity index (χ3n) is 3.27. The standard InChI is InChI=1S/C13H16BrNO3/c1-8(9-4-5-18-7-9)15-10-2-3-11(13(16)17)12(14)6-10/h2-3,6,8-9,15H,4-5,7H2,1H3,(H,16,17). The van der Waals surface area contributed by atoms with Gasteiger partial charge in [-0.1, -0.05) is 0 Å². The van der Waals surface area contributed by atoms with Gasteiger partial charge in [0.1, 0.15) is 0 Å². The number of benzene rings is 1. The summed E-state index contributed by atoms with van der Waals surface area (Å²) in [6.45, 7) is 3.75. The molecule has 0 aromatic heterocycles. The van der Waals surface area contributed by atoms with Crippen LogP contribution >= 0.6 is 15.9 Å². The summed E-state index contributed by atoms with van der Waals surface area (Å²) in [5.41, 5.74) is 1.20. The van der Waals surface area contributed by atoms with E-state index in [9.17, 15) is 4.79 Å². The second-order valence-electron chi connectivity index (χ2n) is 4.56. The molecule has 18 heavy (non-hydrogen) atoms. The lowest BCUT2D eigenvalue weighted by atomic mass is 10.0. The van der Waals surface area contributed by atoms with Gasteiger partial charge < -0.3 is 15.2 Å². The number of ether oxygens (including phenoxy) is 1. The quantitative estimate of drug-likeness (QED) is 0.897. The predicted molar refractivity (Wildman–Crippen MR) is 73.1 cm³/mol. The van der Waals surface area contributed by atoms with Gasteiger partial charge in [-0.3, -0.25) is 0 Å². The fourth-order valence-corrected chi connectivity index (χ4v) is 2.65. The molecule has 98 valence electrons. The first-order valence-corrected chi connectivity index (χ1v) is 6.74. The number of hydrogen-bond donors (Lipinski definition) is 2. The summed E-state index contributed by atoms with van der Waals surface area (Å²) in [5, 5.41) is 12.3. The summed E-state index contributed by atoms with van der Waals surface area (Å²) < 4.78 is 5.96. The first-order valence-electron chi connectivity index (χ1n) is 5.95. The Morgan fingerprint density at radius 2 is 2.39 bits per heavy atom. The Labute approximate surface area is 114 Å². The number of carboxylic acid groups (broad SMARTS) is 1. The van der Waals surface area contributed by atoms with Crippen LogP contribution in [0.25, 0.3) is 0 Å². The Bertz CT molecular complexity index is 444. The van der Waals surface area contributed by atoms with E-state index in [1.807, 2.05) is 0 Å². The fraction of sp³-hybridized carbons (Fsp3) is 0.462. The average Bonchev–Trinajstić information content (AvgIpc) is 2.81. The number of carbonyl (C=O) groups is 1. The lowest BCUT2D eigenvalue weighted by Gasteiger charge is -2.20. The van der Waals surface area contributed by atoms with Crippen LogP contribution in [0.2, 0.25) is 0 Å². The summed E-state index contributed by atoms with van der Waals surface area (Å²) in [7, 11) is 0. The summed E-state index contributed by atoms with van der Waals surface area (Å²) in [6, 6.07) is 5.51. The zero-order chi connectivity index (χ0) is 13.1. The van der Waals surface area contributed by atoms with E-state index in [1.165, 1.54) is 0 Å². The third kappa shape index (κ3) is 3.03. The van der Waals surface area contributed by atoms with E-state index in [2.05, 4.69) is 28.2 Å². The van der Waals surface area contributed by atoms with Gasteiger partial charge in [0.05, 0.1) is 12.2 Å². The molecule has 2 rings (SSSR count). The van der Waals surface area contributed by atoms with Crippen molar-refractivity contribution in [3.8, 4) is 0 Å². The van der Waals surface area contributed by atoms with E-state index in [0.29, 0.717) is 16.4 Å². The van der Waals surface area contributed by atoms with Gasteiger partial charge in [-0.05, 0) is 47.5 Å². The number of carboxylic acids is 1. The second-order valence-corrected chi connectivity index (χ2v) is 5.41. The van der Waals surface area contributed by atoms with Crippen LogP contribution in [-0.2, 0) is 4.74 Å². The van der Waals surface area contributed by atoms with Crippen molar-refractivity contribution >= 4 is 27.6 Å². The topological polar surface area (TPSA) is 58.6 Å². The SMILES string of the molecule is CC(Nc1ccc(C(=O)O)c(Br)c1)C1CCOC1. The maximum atomic E-state index is 10.9. The highest BCUT2D eigenvalue weighted by molar-refractivity contribution is 9.10. The predicted octanol–water partition coefficient (Wildman–Crippen LogP) is 2.98. The van der Waals surface area contributed by atoms with E-state index >= 15 is 0 Å². The fourth-order valence-electron chi connectivity index (χ4n) is 2.11. The normalized spacial score (nSPS) is 20.7. The Balaban J connectivity index is 2.05. The molecule has 4 nitrogen and oxygen atoms in total. The first kappa shape index (κ1) is 13.4. The molecule has 1 heterocycles. The molecule has 0 radical (unpaired) electrons. The van der Waals surface area contributed by atoms with Gasteiger partial charge in [-0.15, -0.1) is 0 Å². The summed E-state index contributed by atoms with van der Waals surface area (Å²) in [4.78, 5) is 10.9. The average molecular weight is 314 g/mol. The molecule has 0 spiro atoms. The van der Waals surface area contributed by atoms with Crippen LogP contribution in [0, 0.1) is 5.92 Å². The lowest BCUT2D eigenvalue weighted by molar-refractivity contribution is 0.0696. The highest BCUT2D eigenvalue weighted by Gasteiger charge is 2.22. The van der Waals surface area contributed by atoms with E-state index in [0.717, 1.165) is 25.3 Å². The maximum Gasteiger partial charge on any atom is 0.336 e. The molecule has 1 aliphatic rings. The molecule has 1 aromatic rings. The van der Waals surface area contributed by atoms with Crippen molar-refractivity contribution in [1.82, 2.24) is 0 Å². The molecule has 1 aliphatic heterocycles. The van der Waals surface area contributed by atoms with Crippen LogP contribution in [0.4, 0.5) is 5.69 Å². The number of anilines is 1. The highest BCUT2D eigenvalue weighted by atomic mass is 79.9. The minimum atomic E-state index is -0.925. The van der Waals surface area contributed by atoms with Gasteiger partial charge in [-0.25, -0.2) is 4.79 Å². The Kier molecular flexibility index (Phi) is 4.24. The molecular weight excluding hydrogens is 298 g/mol. The van der Waals surface area contributed by atoms with Gasteiger partial charge in [0.15, 0.2) is 0 Å². The molecule has 0 amide bonds. The molecule has 5 heteroatoms. The molecule has 1 aromatic carbocycles. The summed E-state index contributed by atoms with van der Waals surface area (Å²) in [6.07, 6.45) is 1.07. The van der Waals surface area contributed by atoms with Gasteiger partial charge in [0.25, 0.3) is 0 Å². The Morgan fingerprint density at radius 1 is 1.61 bits per heavy atom. The minimum Gasteiger partial charge on any atom is -0.478 e. The number of aromatic carboxylic acids is 1. The van der Waals surface area contributed by atoms with E-state index in [1.54, 1.807) is 18.2 Å². The third-order valence-corrected chi connectivity index (χ3v) is 3.92. The van der Waals surface area contributed by atoms with Crippen LogP contribution in [-0.4, -0.2) is 30.3 Å². The van der Waals surface area contributed by atoms with Gasteiger partial charge >= 0.3 is 5.97 Å². The first-order chi connectivity index (χ1) is 8.58. The zero-order valence-corrected chi connectivity index (χ0v) is 11.7. The molecule has 2 unspecified atom stereocenters. The Hall–Kier alpha value is -1.07. The smallest absolute Gasteiger partial charge is 0.336 e. The largest absolute Gasteiger partial charge is 0.478 e. The number of rotatable bonds is 4. The van der Waals surface area contributed by atoms with Crippen molar-refractivity contribution in [2.45, 2.75) is 19.4 Å². The van der Waals surface area contributed by atoms with Crippen molar-refractivity contribution in [3.63, 3.8) is 0 Å². The number of nitrogens with one attached hydrogen (secondary N) is 1. The molecule has 2 atom stereocenters. The second kappa shape index (κ2) is 5.71. The van der Waals surface area contributed by atoms with Gasteiger partial charge in [0.2, 0.25) is 0 Å². The van der Waals surface area contributed by atoms with Crippen molar-refractivity contribution in [2.24, 2.45) is 5.92 Å². The van der Waals surface area contributed by atoms with Gasteiger partial charge in [0, 0.05) is 28.7 Å².